The van der Waals surface area contributed by atoms with Crippen LogP contribution >= 0.6 is 11.6 Å². The molecule has 0 aliphatic carbocycles. The Bertz CT molecular complexity index is 1570. The molecule has 0 N–H and O–H groups in total. The lowest BCUT2D eigenvalue weighted by Crippen LogP contribution is -2.47. The average Bonchev–Trinajstić information content (AvgIpc) is 3.28. The van der Waals surface area contributed by atoms with Crippen LogP contribution in [-0.2, 0) is 0 Å². The van der Waals surface area contributed by atoms with E-state index in [2.05, 4.69) is 77.3 Å². The quantitative estimate of drug-likeness (QED) is 0.323. The molecule has 7 heteroatoms. The van der Waals surface area contributed by atoms with E-state index in [-0.39, 0.29) is 0 Å². The van der Waals surface area contributed by atoms with Crippen LogP contribution < -0.4 is 9.80 Å². The minimum absolute atomic E-state index is 0.688. The van der Waals surface area contributed by atoms with Crippen LogP contribution in [0.2, 0.25) is 5.02 Å². The maximum absolute atomic E-state index is 6.43. The van der Waals surface area contributed by atoms with Gasteiger partial charge in [-0.3, -0.25) is 0 Å². The van der Waals surface area contributed by atoms with Crippen LogP contribution in [-0.4, -0.2) is 46.0 Å². The minimum Gasteiger partial charge on any atom is -0.368 e. The van der Waals surface area contributed by atoms with E-state index < -0.39 is 0 Å². The Kier molecular flexibility index (Phi) is 5.33. The molecule has 2 aromatic heterocycles. The molecule has 0 saturated carbocycles. The van der Waals surface area contributed by atoms with E-state index in [0.29, 0.717) is 5.02 Å². The summed E-state index contributed by atoms with van der Waals surface area (Å²) in [5, 5.41) is 10.7. The molecular formula is C28H27ClN6. The zero-order chi connectivity index (χ0) is 24.1. The molecule has 1 saturated heterocycles. The molecule has 3 heterocycles. The van der Waals surface area contributed by atoms with Gasteiger partial charge in [0.2, 0.25) is 0 Å². The molecule has 176 valence electrons. The van der Waals surface area contributed by atoms with Crippen LogP contribution in [0.15, 0.2) is 60.7 Å². The van der Waals surface area contributed by atoms with Crippen molar-refractivity contribution in [3.63, 3.8) is 0 Å². The fraction of sp³-hybridized carbons (Fsp3) is 0.250. The normalized spacial score (nSPS) is 14.3. The summed E-state index contributed by atoms with van der Waals surface area (Å²) in [7, 11) is 0. The van der Waals surface area contributed by atoms with E-state index in [1.54, 1.807) is 0 Å². The van der Waals surface area contributed by atoms with Crippen LogP contribution in [0.1, 0.15) is 16.7 Å². The summed E-state index contributed by atoms with van der Waals surface area (Å²) in [5.74, 6) is 0.937. The standard InChI is InChI=1S/C28H27ClN6/c1-18-5-4-6-21(16-18)26-28-30-27(23-17-22(29)8-10-25(23)35(28)32-31-26)34-13-11-33(12-14-34)24-9-7-19(2)15-20(24)3/h4-10,15-17H,11-14H2,1-3H3. The Hall–Kier alpha value is -3.64. The minimum atomic E-state index is 0.688. The molecule has 0 bridgehead atoms. The summed E-state index contributed by atoms with van der Waals surface area (Å²) >= 11 is 6.43. The van der Waals surface area contributed by atoms with Crippen molar-refractivity contribution in [3.8, 4) is 11.3 Å². The highest BCUT2D eigenvalue weighted by atomic mass is 35.5. The largest absolute Gasteiger partial charge is 0.368 e. The number of piperazine rings is 1. The molecule has 1 aliphatic rings. The first kappa shape index (κ1) is 21.9. The lowest BCUT2D eigenvalue weighted by molar-refractivity contribution is 0.648. The van der Waals surface area contributed by atoms with Gasteiger partial charge in [-0.1, -0.05) is 58.3 Å². The molecule has 1 aliphatic heterocycles. The van der Waals surface area contributed by atoms with E-state index in [0.717, 1.165) is 59.8 Å². The highest BCUT2D eigenvalue weighted by Crippen LogP contribution is 2.33. The van der Waals surface area contributed by atoms with Crippen LogP contribution in [0.3, 0.4) is 0 Å². The molecule has 0 amide bonds. The second-order valence-electron chi connectivity index (χ2n) is 9.40. The molecule has 0 unspecified atom stereocenters. The highest BCUT2D eigenvalue weighted by Gasteiger charge is 2.24. The van der Waals surface area contributed by atoms with Crippen molar-refractivity contribution in [3.05, 3.63) is 82.4 Å². The van der Waals surface area contributed by atoms with E-state index in [4.69, 9.17) is 16.6 Å². The summed E-state index contributed by atoms with van der Waals surface area (Å²) in [6.07, 6.45) is 0. The zero-order valence-electron chi connectivity index (χ0n) is 20.2. The number of benzene rings is 3. The van der Waals surface area contributed by atoms with E-state index in [1.807, 2.05) is 28.8 Å². The molecule has 0 radical (unpaired) electrons. The van der Waals surface area contributed by atoms with Gasteiger partial charge in [0.05, 0.1) is 5.52 Å². The molecule has 1 fully saturated rings. The van der Waals surface area contributed by atoms with Crippen molar-refractivity contribution >= 4 is 39.7 Å². The van der Waals surface area contributed by atoms with Crippen LogP contribution in [0.5, 0.6) is 0 Å². The van der Waals surface area contributed by atoms with Crippen molar-refractivity contribution in [2.24, 2.45) is 0 Å². The smallest absolute Gasteiger partial charge is 0.186 e. The SMILES string of the molecule is Cc1cccc(-c2nnn3c2nc(N2CCN(c4ccc(C)cc4C)CC2)c2cc(Cl)ccc23)c1. The molecule has 6 rings (SSSR count). The molecule has 35 heavy (non-hydrogen) atoms. The first-order chi connectivity index (χ1) is 17.0. The third-order valence-corrected chi connectivity index (χ3v) is 7.08. The summed E-state index contributed by atoms with van der Waals surface area (Å²) in [6.45, 7) is 10.0. The zero-order valence-corrected chi connectivity index (χ0v) is 20.9. The van der Waals surface area contributed by atoms with Gasteiger partial charge in [0, 0.05) is 47.8 Å². The van der Waals surface area contributed by atoms with E-state index in [1.165, 1.54) is 22.4 Å². The second kappa shape index (κ2) is 8.54. The number of aromatic nitrogens is 4. The molecule has 0 spiro atoms. The van der Waals surface area contributed by atoms with E-state index >= 15 is 0 Å². The maximum atomic E-state index is 6.43. The Labute approximate surface area is 209 Å². The highest BCUT2D eigenvalue weighted by molar-refractivity contribution is 6.31. The van der Waals surface area contributed by atoms with Crippen molar-refractivity contribution in [1.29, 1.82) is 0 Å². The van der Waals surface area contributed by atoms with Gasteiger partial charge in [-0.25, -0.2) is 4.98 Å². The lowest BCUT2D eigenvalue weighted by Gasteiger charge is -2.37. The Morgan fingerprint density at radius 3 is 2.34 bits per heavy atom. The van der Waals surface area contributed by atoms with Crippen molar-refractivity contribution in [2.45, 2.75) is 20.8 Å². The van der Waals surface area contributed by atoms with Crippen molar-refractivity contribution < 1.29 is 0 Å². The van der Waals surface area contributed by atoms with Gasteiger partial charge in [0.25, 0.3) is 0 Å². The monoisotopic (exact) mass is 482 g/mol. The van der Waals surface area contributed by atoms with Gasteiger partial charge >= 0.3 is 0 Å². The first-order valence-corrected chi connectivity index (χ1v) is 12.3. The van der Waals surface area contributed by atoms with Gasteiger partial charge in [0.15, 0.2) is 5.65 Å². The van der Waals surface area contributed by atoms with Gasteiger partial charge in [0.1, 0.15) is 11.5 Å². The number of aryl methyl sites for hydroxylation is 3. The fourth-order valence-electron chi connectivity index (χ4n) is 5.11. The summed E-state index contributed by atoms with van der Waals surface area (Å²) in [5.41, 5.74) is 8.64. The average molecular weight is 483 g/mol. The first-order valence-electron chi connectivity index (χ1n) is 12.0. The molecule has 0 atom stereocenters. The number of hydrogen-bond acceptors (Lipinski definition) is 5. The summed E-state index contributed by atoms with van der Waals surface area (Å²) < 4.78 is 1.83. The third-order valence-electron chi connectivity index (χ3n) is 6.85. The molecule has 3 aromatic carbocycles. The maximum Gasteiger partial charge on any atom is 0.186 e. The summed E-state index contributed by atoms with van der Waals surface area (Å²) in [6, 6.07) is 20.9. The third kappa shape index (κ3) is 3.88. The predicted molar refractivity (Wildman–Crippen MR) is 144 cm³/mol. The van der Waals surface area contributed by atoms with E-state index in [9.17, 15) is 0 Å². The van der Waals surface area contributed by atoms with Crippen LogP contribution in [0.4, 0.5) is 11.5 Å². The van der Waals surface area contributed by atoms with Crippen LogP contribution in [0, 0.1) is 20.8 Å². The van der Waals surface area contributed by atoms with Crippen LogP contribution in [0.25, 0.3) is 27.8 Å². The molecular weight excluding hydrogens is 456 g/mol. The van der Waals surface area contributed by atoms with Crippen molar-refractivity contribution in [1.82, 2.24) is 19.8 Å². The van der Waals surface area contributed by atoms with Gasteiger partial charge in [-0.2, -0.15) is 4.52 Å². The lowest BCUT2D eigenvalue weighted by atomic mass is 10.1. The Morgan fingerprint density at radius 1 is 0.800 bits per heavy atom. The van der Waals surface area contributed by atoms with Gasteiger partial charge < -0.3 is 9.80 Å². The molecule has 6 nitrogen and oxygen atoms in total. The number of hydrogen-bond donors (Lipinski definition) is 0. The van der Waals surface area contributed by atoms with Gasteiger partial charge in [-0.05, 0) is 56.7 Å². The number of fused-ring (bicyclic) bond motifs is 3. The Morgan fingerprint density at radius 2 is 1.57 bits per heavy atom. The van der Waals surface area contributed by atoms with Gasteiger partial charge in [-0.15, -0.1) is 5.10 Å². The topological polar surface area (TPSA) is 49.6 Å². The number of rotatable bonds is 3. The number of halogens is 1. The predicted octanol–water partition coefficient (Wildman–Crippen LogP) is 5.85. The molecule has 5 aromatic rings. The second-order valence-corrected chi connectivity index (χ2v) is 9.84. The summed E-state index contributed by atoms with van der Waals surface area (Å²) in [4.78, 5) is 9.98. The number of anilines is 2. The van der Waals surface area contributed by atoms with Crippen molar-refractivity contribution in [2.75, 3.05) is 36.0 Å². The fourth-order valence-corrected chi connectivity index (χ4v) is 5.28. The Balaban J connectivity index is 1.42. The number of nitrogens with zero attached hydrogens (tertiary/aromatic N) is 6.